The van der Waals surface area contributed by atoms with Crippen LogP contribution in [0.1, 0.15) is 10.4 Å². The minimum Gasteiger partial charge on any atom is -0.465 e. The number of carbonyl (C=O) groups excluding carboxylic acids is 2. The summed E-state index contributed by atoms with van der Waals surface area (Å²) in [6.45, 7) is 0. The van der Waals surface area contributed by atoms with Crippen LogP contribution >= 0.6 is 11.9 Å². The van der Waals surface area contributed by atoms with E-state index in [2.05, 4.69) is 9.46 Å². The van der Waals surface area contributed by atoms with Gasteiger partial charge in [-0.2, -0.15) is 0 Å². The Hall–Kier alpha value is -1.69. The van der Waals surface area contributed by atoms with Crippen LogP contribution < -0.4 is 10.5 Å². The molecule has 15 heavy (non-hydrogen) atoms. The van der Waals surface area contributed by atoms with E-state index < -0.39 is 12.0 Å². The van der Waals surface area contributed by atoms with Crippen LogP contribution in [0.2, 0.25) is 0 Å². The van der Waals surface area contributed by atoms with Crippen LogP contribution in [0, 0.1) is 0 Å². The van der Waals surface area contributed by atoms with Crippen molar-refractivity contribution in [2.45, 2.75) is 4.90 Å². The third kappa shape index (κ3) is 3.17. The second-order valence-electron chi connectivity index (χ2n) is 2.56. The van der Waals surface area contributed by atoms with Gasteiger partial charge in [-0.25, -0.2) is 9.59 Å². The zero-order chi connectivity index (χ0) is 11.3. The molecule has 0 unspecified atom stereocenters. The van der Waals surface area contributed by atoms with E-state index >= 15 is 0 Å². The van der Waals surface area contributed by atoms with Crippen molar-refractivity contribution in [2.75, 3.05) is 7.11 Å². The van der Waals surface area contributed by atoms with Gasteiger partial charge in [0.05, 0.1) is 12.7 Å². The predicted molar refractivity (Wildman–Crippen MR) is 56.4 cm³/mol. The number of methoxy groups -OCH3 is 1. The van der Waals surface area contributed by atoms with Crippen molar-refractivity contribution in [3.05, 3.63) is 29.8 Å². The maximum atomic E-state index is 11.3. The third-order valence-corrected chi connectivity index (χ3v) is 2.43. The highest BCUT2D eigenvalue weighted by molar-refractivity contribution is 7.98. The van der Waals surface area contributed by atoms with Gasteiger partial charge in [-0.15, -0.1) is 0 Å². The molecule has 0 spiro atoms. The Labute approximate surface area is 91.1 Å². The first kappa shape index (κ1) is 11.4. The highest BCUT2D eigenvalue weighted by Gasteiger charge is 2.11. The number of nitrogens with two attached hydrogens (primary N) is 1. The van der Waals surface area contributed by atoms with E-state index in [1.165, 1.54) is 7.11 Å². The predicted octanol–water partition coefficient (Wildman–Crippen LogP) is 1.15. The van der Waals surface area contributed by atoms with Gasteiger partial charge in [0.15, 0.2) is 0 Å². The van der Waals surface area contributed by atoms with Gasteiger partial charge in [-0.3, -0.25) is 4.72 Å². The molecule has 1 aromatic carbocycles. The largest absolute Gasteiger partial charge is 0.465 e. The third-order valence-electron chi connectivity index (χ3n) is 1.55. The number of primary amides is 1. The van der Waals surface area contributed by atoms with E-state index in [0.717, 1.165) is 11.9 Å². The molecule has 0 saturated carbocycles. The van der Waals surface area contributed by atoms with Crippen molar-refractivity contribution in [2.24, 2.45) is 5.73 Å². The van der Waals surface area contributed by atoms with Gasteiger partial charge in [0.25, 0.3) is 0 Å². The van der Waals surface area contributed by atoms with Crippen molar-refractivity contribution >= 4 is 23.9 Å². The molecule has 0 aliphatic carbocycles. The Morgan fingerprint density at radius 3 is 2.67 bits per heavy atom. The summed E-state index contributed by atoms with van der Waals surface area (Å²) in [4.78, 5) is 22.4. The number of hydrogen-bond acceptors (Lipinski definition) is 4. The number of rotatable bonds is 3. The van der Waals surface area contributed by atoms with Crippen LogP contribution in [0.15, 0.2) is 29.2 Å². The summed E-state index contributed by atoms with van der Waals surface area (Å²) in [7, 11) is 1.30. The van der Waals surface area contributed by atoms with Crippen LogP contribution in [0.3, 0.4) is 0 Å². The van der Waals surface area contributed by atoms with Crippen LogP contribution in [-0.2, 0) is 4.74 Å². The summed E-state index contributed by atoms with van der Waals surface area (Å²) in [5, 5.41) is 0. The molecule has 0 radical (unpaired) electrons. The lowest BCUT2D eigenvalue weighted by Crippen LogP contribution is -2.23. The Balaban J connectivity index is 2.86. The summed E-state index contributed by atoms with van der Waals surface area (Å²) in [6, 6.07) is 6.08. The lowest BCUT2D eigenvalue weighted by molar-refractivity contribution is 0.0596. The number of amides is 2. The number of hydrogen-bond donors (Lipinski definition) is 2. The highest BCUT2D eigenvalue weighted by Crippen LogP contribution is 2.20. The second-order valence-corrected chi connectivity index (χ2v) is 3.40. The molecule has 6 heteroatoms. The Kier molecular flexibility index (Phi) is 3.99. The molecule has 80 valence electrons. The Morgan fingerprint density at radius 1 is 1.40 bits per heavy atom. The summed E-state index contributed by atoms with van der Waals surface area (Å²) in [5.74, 6) is -0.454. The summed E-state index contributed by atoms with van der Waals surface area (Å²) in [5.41, 5.74) is 5.30. The molecular weight excluding hydrogens is 216 g/mol. The van der Waals surface area contributed by atoms with Gasteiger partial charge in [0.2, 0.25) is 0 Å². The lowest BCUT2D eigenvalue weighted by atomic mass is 10.2. The van der Waals surface area contributed by atoms with E-state index in [0.29, 0.717) is 10.5 Å². The van der Waals surface area contributed by atoms with Crippen LogP contribution in [0.4, 0.5) is 4.79 Å². The topological polar surface area (TPSA) is 81.4 Å². The van der Waals surface area contributed by atoms with Gasteiger partial charge in [-0.1, -0.05) is 12.1 Å². The zero-order valence-corrected chi connectivity index (χ0v) is 8.84. The summed E-state index contributed by atoms with van der Waals surface area (Å²) < 4.78 is 6.92. The first-order valence-corrected chi connectivity index (χ1v) is 4.86. The molecular formula is C9H10N2O3S. The molecule has 3 N–H and O–H groups in total. The second kappa shape index (κ2) is 5.26. The van der Waals surface area contributed by atoms with Gasteiger partial charge in [0.1, 0.15) is 0 Å². The molecule has 5 nitrogen and oxygen atoms in total. The first-order chi connectivity index (χ1) is 7.15. The Morgan fingerprint density at radius 2 is 2.07 bits per heavy atom. The standard InChI is InChI=1S/C9H10N2O3S/c1-14-8(12)6-4-2-3-5-7(6)15-11-9(10)13/h2-5H,1H3,(H3,10,11,13). The van der Waals surface area contributed by atoms with Crippen molar-refractivity contribution in [3.8, 4) is 0 Å². The summed E-state index contributed by atoms with van der Waals surface area (Å²) in [6.07, 6.45) is 0. The SMILES string of the molecule is COC(=O)c1ccccc1SNC(N)=O. The molecule has 0 aliphatic rings. The average molecular weight is 226 g/mol. The van der Waals surface area contributed by atoms with Crippen molar-refractivity contribution in [3.63, 3.8) is 0 Å². The van der Waals surface area contributed by atoms with Gasteiger partial charge < -0.3 is 10.5 Å². The molecule has 1 rings (SSSR count). The molecule has 0 fully saturated rings. The highest BCUT2D eigenvalue weighted by atomic mass is 32.2. The fourth-order valence-electron chi connectivity index (χ4n) is 0.940. The molecule has 2 amide bonds. The quantitative estimate of drug-likeness (QED) is 0.598. The maximum absolute atomic E-state index is 11.3. The number of benzene rings is 1. The van der Waals surface area contributed by atoms with E-state index in [-0.39, 0.29) is 0 Å². The fourth-order valence-corrected chi connectivity index (χ4v) is 1.56. The van der Waals surface area contributed by atoms with E-state index in [4.69, 9.17) is 5.73 Å². The van der Waals surface area contributed by atoms with Crippen LogP contribution in [-0.4, -0.2) is 19.1 Å². The Bertz CT molecular complexity index is 381. The monoisotopic (exact) mass is 226 g/mol. The number of nitrogens with one attached hydrogen (secondary N) is 1. The van der Waals surface area contributed by atoms with Crippen molar-refractivity contribution < 1.29 is 14.3 Å². The molecule has 0 bridgehead atoms. The minimum atomic E-state index is -0.667. The van der Waals surface area contributed by atoms with Crippen molar-refractivity contribution in [1.82, 2.24) is 4.72 Å². The minimum absolute atomic E-state index is 0.388. The number of esters is 1. The normalized spacial score (nSPS) is 9.40. The number of ether oxygens (including phenoxy) is 1. The van der Waals surface area contributed by atoms with Crippen molar-refractivity contribution in [1.29, 1.82) is 0 Å². The molecule has 0 heterocycles. The van der Waals surface area contributed by atoms with Crippen LogP contribution in [0.5, 0.6) is 0 Å². The average Bonchev–Trinajstić information content (AvgIpc) is 2.25. The maximum Gasteiger partial charge on any atom is 0.339 e. The van der Waals surface area contributed by atoms with Gasteiger partial charge in [-0.05, 0) is 24.1 Å². The summed E-state index contributed by atoms with van der Waals surface area (Å²) >= 11 is 0.973. The van der Waals surface area contributed by atoms with E-state index in [9.17, 15) is 9.59 Å². The van der Waals surface area contributed by atoms with E-state index in [1.54, 1.807) is 24.3 Å². The molecule has 0 aliphatic heterocycles. The fraction of sp³-hybridized carbons (Fsp3) is 0.111. The molecule has 0 saturated heterocycles. The lowest BCUT2D eigenvalue weighted by Gasteiger charge is -2.06. The number of carbonyl (C=O) groups is 2. The smallest absolute Gasteiger partial charge is 0.339 e. The van der Waals surface area contributed by atoms with Gasteiger partial charge in [0, 0.05) is 4.90 Å². The van der Waals surface area contributed by atoms with E-state index in [1.807, 2.05) is 0 Å². The molecule has 0 aromatic heterocycles. The first-order valence-electron chi connectivity index (χ1n) is 4.04. The van der Waals surface area contributed by atoms with Gasteiger partial charge >= 0.3 is 12.0 Å². The molecule has 0 atom stereocenters. The zero-order valence-electron chi connectivity index (χ0n) is 8.02. The number of urea groups is 1. The molecule has 1 aromatic rings. The van der Waals surface area contributed by atoms with Crippen LogP contribution in [0.25, 0.3) is 0 Å².